The van der Waals surface area contributed by atoms with Gasteiger partial charge in [-0.1, -0.05) is 40.2 Å². The summed E-state index contributed by atoms with van der Waals surface area (Å²) in [7, 11) is -3.78. The van der Waals surface area contributed by atoms with Crippen molar-refractivity contribution in [2.24, 2.45) is 0 Å². The Labute approximate surface area is 115 Å². The summed E-state index contributed by atoms with van der Waals surface area (Å²) >= 11 is 3.30. The van der Waals surface area contributed by atoms with Crippen LogP contribution in [0.15, 0.2) is 57.9 Å². The van der Waals surface area contributed by atoms with E-state index in [4.69, 9.17) is 4.18 Å². The fraction of sp³-hybridized carbons (Fsp3) is 0.0769. The Bertz CT molecular complexity index is 651. The number of halogens is 1. The molecule has 0 saturated heterocycles. The van der Waals surface area contributed by atoms with Gasteiger partial charge in [0.15, 0.2) is 0 Å². The van der Waals surface area contributed by atoms with Gasteiger partial charge in [0.05, 0.1) is 0 Å². The first-order valence-corrected chi connectivity index (χ1v) is 7.45. The van der Waals surface area contributed by atoms with Gasteiger partial charge >= 0.3 is 10.1 Å². The maximum Gasteiger partial charge on any atom is 0.339 e. The lowest BCUT2D eigenvalue weighted by molar-refractivity contribution is 0.486. The molecule has 0 spiro atoms. The second-order valence-electron chi connectivity index (χ2n) is 3.76. The standard InChI is InChI=1S/C13H11BrO3S/c1-10-7-8-12(9-13(10)14)18(15,16)17-11-5-3-2-4-6-11/h2-9H,1H3. The molecule has 0 aliphatic carbocycles. The molecule has 0 aromatic heterocycles. The molecule has 2 rings (SSSR count). The van der Waals surface area contributed by atoms with Crippen LogP contribution in [-0.2, 0) is 10.1 Å². The van der Waals surface area contributed by atoms with Crippen molar-refractivity contribution in [3.05, 3.63) is 58.6 Å². The van der Waals surface area contributed by atoms with Crippen LogP contribution >= 0.6 is 15.9 Å². The van der Waals surface area contributed by atoms with Crippen LogP contribution in [-0.4, -0.2) is 8.42 Å². The molecule has 0 bridgehead atoms. The fourth-order valence-corrected chi connectivity index (χ4v) is 2.87. The minimum absolute atomic E-state index is 0.129. The first-order valence-electron chi connectivity index (χ1n) is 5.25. The predicted octanol–water partition coefficient (Wildman–Crippen LogP) is 3.53. The number of hydrogen-bond donors (Lipinski definition) is 0. The van der Waals surface area contributed by atoms with Gasteiger partial charge in [0, 0.05) is 4.47 Å². The molecule has 94 valence electrons. The van der Waals surface area contributed by atoms with Crippen LogP contribution in [0.25, 0.3) is 0 Å². The summed E-state index contributed by atoms with van der Waals surface area (Å²) in [4.78, 5) is 0.129. The quantitative estimate of drug-likeness (QED) is 0.810. The molecule has 0 amide bonds. The Morgan fingerprint density at radius 1 is 1.06 bits per heavy atom. The summed E-state index contributed by atoms with van der Waals surface area (Å²) in [6.07, 6.45) is 0. The van der Waals surface area contributed by atoms with Crippen LogP contribution in [0.5, 0.6) is 5.75 Å². The van der Waals surface area contributed by atoms with Crippen molar-refractivity contribution in [2.75, 3.05) is 0 Å². The Balaban J connectivity index is 2.34. The number of rotatable bonds is 3. The predicted molar refractivity (Wildman–Crippen MR) is 73.1 cm³/mol. The van der Waals surface area contributed by atoms with E-state index in [9.17, 15) is 8.42 Å². The van der Waals surface area contributed by atoms with Gasteiger partial charge in [-0.25, -0.2) is 0 Å². The van der Waals surface area contributed by atoms with E-state index in [0.717, 1.165) is 10.0 Å². The van der Waals surface area contributed by atoms with E-state index in [1.807, 2.05) is 6.92 Å². The third-order valence-corrected chi connectivity index (χ3v) is 4.48. The molecule has 0 heterocycles. The fourth-order valence-electron chi connectivity index (χ4n) is 1.38. The molecular formula is C13H11BrO3S. The van der Waals surface area contributed by atoms with Crippen molar-refractivity contribution in [3.8, 4) is 5.75 Å². The number of aryl methyl sites for hydroxylation is 1. The van der Waals surface area contributed by atoms with Crippen molar-refractivity contribution < 1.29 is 12.6 Å². The van der Waals surface area contributed by atoms with E-state index in [1.54, 1.807) is 36.4 Å². The van der Waals surface area contributed by atoms with E-state index in [-0.39, 0.29) is 4.90 Å². The highest BCUT2D eigenvalue weighted by Gasteiger charge is 2.17. The maximum atomic E-state index is 12.0. The van der Waals surface area contributed by atoms with Gasteiger partial charge in [0.1, 0.15) is 10.6 Å². The molecule has 0 N–H and O–H groups in total. The van der Waals surface area contributed by atoms with E-state index in [0.29, 0.717) is 5.75 Å². The summed E-state index contributed by atoms with van der Waals surface area (Å²) in [6.45, 7) is 1.89. The average Bonchev–Trinajstić information content (AvgIpc) is 2.33. The molecular weight excluding hydrogens is 316 g/mol. The second kappa shape index (κ2) is 5.12. The molecule has 0 aliphatic heterocycles. The Hall–Kier alpha value is -1.33. The molecule has 2 aromatic rings. The molecule has 0 unspecified atom stereocenters. The second-order valence-corrected chi connectivity index (χ2v) is 6.16. The van der Waals surface area contributed by atoms with E-state index in [1.165, 1.54) is 12.1 Å². The van der Waals surface area contributed by atoms with E-state index >= 15 is 0 Å². The van der Waals surface area contributed by atoms with Crippen LogP contribution in [0, 0.1) is 6.92 Å². The van der Waals surface area contributed by atoms with Crippen molar-refractivity contribution in [1.29, 1.82) is 0 Å². The third kappa shape index (κ3) is 2.91. The summed E-state index contributed by atoms with van der Waals surface area (Å²) in [5.41, 5.74) is 0.966. The molecule has 0 aliphatic rings. The third-order valence-electron chi connectivity index (χ3n) is 2.38. The van der Waals surface area contributed by atoms with Crippen LogP contribution < -0.4 is 4.18 Å². The van der Waals surface area contributed by atoms with Crippen LogP contribution in [0.3, 0.4) is 0 Å². The maximum absolute atomic E-state index is 12.0. The lowest BCUT2D eigenvalue weighted by Gasteiger charge is -2.07. The van der Waals surface area contributed by atoms with Crippen molar-refractivity contribution >= 4 is 26.0 Å². The Kier molecular flexibility index (Phi) is 3.73. The number of hydrogen-bond acceptors (Lipinski definition) is 3. The minimum atomic E-state index is -3.78. The molecule has 18 heavy (non-hydrogen) atoms. The van der Waals surface area contributed by atoms with Gasteiger partial charge < -0.3 is 4.18 Å². The molecule has 0 saturated carbocycles. The lowest BCUT2D eigenvalue weighted by atomic mass is 10.2. The van der Waals surface area contributed by atoms with Gasteiger partial charge in [-0.15, -0.1) is 0 Å². The zero-order valence-electron chi connectivity index (χ0n) is 9.63. The largest absolute Gasteiger partial charge is 0.379 e. The van der Waals surface area contributed by atoms with Gasteiger partial charge in [-0.2, -0.15) is 8.42 Å². The van der Waals surface area contributed by atoms with Gasteiger partial charge in [0.25, 0.3) is 0 Å². The van der Waals surface area contributed by atoms with Crippen molar-refractivity contribution in [1.82, 2.24) is 0 Å². The van der Waals surface area contributed by atoms with Crippen molar-refractivity contribution in [2.45, 2.75) is 11.8 Å². The Morgan fingerprint density at radius 3 is 2.33 bits per heavy atom. The monoisotopic (exact) mass is 326 g/mol. The van der Waals surface area contributed by atoms with Gasteiger partial charge in [-0.3, -0.25) is 0 Å². The van der Waals surface area contributed by atoms with Crippen LogP contribution in [0.4, 0.5) is 0 Å². The smallest absolute Gasteiger partial charge is 0.339 e. The Morgan fingerprint density at radius 2 is 1.72 bits per heavy atom. The molecule has 0 radical (unpaired) electrons. The highest BCUT2D eigenvalue weighted by molar-refractivity contribution is 9.10. The van der Waals surface area contributed by atoms with Crippen LogP contribution in [0.2, 0.25) is 0 Å². The minimum Gasteiger partial charge on any atom is -0.379 e. The van der Waals surface area contributed by atoms with Crippen molar-refractivity contribution in [3.63, 3.8) is 0 Å². The van der Waals surface area contributed by atoms with Gasteiger partial charge in [-0.05, 0) is 36.8 Å². The highest BCUT2D eigenvalue weighted by Crippen LogP contribution is 2.23. The lowest BCUT2D eigenvalue weighted by Crippen LogP contribution is -2.09. The molecule has 2 aromatic carbocycles. The number of benzene rings is 2. The zero-order chi connectivity index (χ0) is 13.2. The van der Waals surface area contributed by atoms with Crippen LogP contribution in [0.1, 0.15) is 5.56 Å². The van der Waals surface area contributed by atoms with Gasteiger partial charge in [0.2, 0.25) is 0 Å². The zero-order valence-corrected chi connectivity index (χ0v) is 12.0. The topological polar surface area (TPSA) is 43.4 Å². The summed E-state index contributed by atoms with van der Waals surface area (Å²) in [5, 5.41) is 0. The molecule has 0 fully saturated rings. The first kappa shape index (κ1) is 13.1. The average molecular weight is 327 g/mol. The molecule has 5 heteroatoms. The SMILES string of the molecule is Cc1ccc(S(=O)(=O)Oc2ccccc2)cc1Br. The molecule has 0 atom stereocenters. The summed E-state index contributed by atoms with van der Waals surface area (Å²) in [5.74, 6) is 0.300. The first-order chi connectivity index (χ1) is 8.49. The number of para-hydroxylation sites is 1. The molecule has 3 nitrogen and oxygen atoms in total. The normalized spacial score (nSPS) is 11.2. The van der Waals surface area contributed by atoms with E-state index < -0.39 is 10.1 Å². The highest BCUT2D eigenvalue weighted by atomic mass is 79.9. The summed E-state index contributed by atoms with van der Waals surface area (Å²) in [6, 6.07) is 13.2. The summed E-state index contributed by atoms with van der Waals surface area (Å²) < 4.78 is 29.8. The van der Waals surface area contributed by atoms with E-state index in [2.05, 4.69) is 15.9 Å².